The number of aromatic amines is 1. The van der Waals surface area contributed by atoms with Gasteiger partial charge in [0.1, 0.15) is 6.61 Å². The summed E-state index contributed by atoms with van der Waals surface area (Å²) >= 11 is 0. The standard InChI is InChI=1S/C26H33N3O3/c1-18(2)29(19(3)4)14-15-32-25-17-22(8-10-24(25)31-5)28-26(30)11-7-20-6-9-23-21(16-20)12-13-27-23/h6-13,16-19,27H,14-15H2,1-5H3,(H,28,30). The van der Waals surface area contributed by atoms with Crippen LogP contribution in [0.15, 0.2) is 54.7 Å². The number of benzene rings is 2. The molecule has 3 aromatic rings. The highest BCUT2D eigenvalue weighted by atomic mass is 16.5. The van der Waals surface area contributed by atoms with Crippen LogP contribution in [0.5, 0.6) is 11.5 Å². The van der Waals surface area contributed by atoms with Crippen molar-refractivity contribution < 1.29 is 14.3 Å². The molecule has 0 spiro atoms. The summed E-state index contributed by atoms with van der Waals surface area (Å²) in [6.45, 7) is 10.1. The molecule has 0 aliphatic rings. The Morgan fingerprint density at radius 2 is 1.84 bits per heavy atom. The van der Waals surface area contributed by atoms with Gasteiger partial charge in [0.2, 0.25) is 5.91 Å². The number of nitrogens with one attached hydrogen (secondary N) is 2. The van der Waals surface area contributed by atoms with Gasteiger partial charge in [-0.2, -0.15) is 0 Å². The van der Waals surface area contributed by atoms with Crippen molar-refractivity contribution in [3.63, 3.8) is 0 Å². The van der Waals surface area contributed by atoms with E-state index in [9.17, 15) is 4.79 Å². The molecular formula is C26H33N3O3. The zero-order valence-electron chi connectivity index (χ0n) is 19.5. The van der Waals surface area contributed by atoms with Gasteiger partial charge in [-0.3, -0.25) is 9.69 Å². The van der Waals surface area contributed by atoms with E-state index < -0.39 is 0 Å². The molecule has 170 valence electrons. The Morgan fingerprint density at radius 3 is 2.56 bits per heavy atom. The summed E-state index contributed by atoms with van der Waals surface area (Å²) in [5.41, 5.74) is 2.69. The fraction of sp³-hybridized carbons (Fsp3) is 0.346. The molecule has 2 aromatic carbocycles. The fourth-order valence-electron chi connectivity index (χ4n) is 3.77. The summed E-state index contributed by atoms with van der Waals surface area (Å²) in [5.74, 6) is 1.04. The zero-order valence-corrected chi connectivity index (χ0v) is 19.5. The lowest BCUT2D eigenvalue weighted by atomic mass is 10.1. The molecule has 6 heteroatoms. The number of carbonyl (C=O) groups excluding carboxylic acids is 1. The minimum atomic E-state index is -0.207. The van der Waals surface area contributed by atoms with Gasteiger partial charge >= 0.3 is 0 Å². The summed E-state index contributed by atoms with van der Waals surface area (Å²) in [5, 5.41) is 4.00. The number of amides is 1. The topological polar surface area (TPSA) is 66.6 Å². The van der Waals surface area contributed by atoms with Crippen molar-refractivity contribution in [2.75, 3.05) is 25.6 Å². The highest BCUT2D eigenvalue weighted by molar-refractivity contribution is 6.02. The summed E-state index contributed by atoms with van der Waals surface area (Å²) in [4.78, 5) is 18.0. The molecule has 0 saturated heterocycles. The molecule has 0 radical (unpaired) electrons. The molecular weight excluding hydrogens is 402 g/mol. The van der Waals surface area contributed by atoms with Crippen molar-refractivity contribution in [2.45, 2.75) is 39.8 Å². The van der Waals surface area contributed by atoms with Crippen LogP contribution in [0.2, 0.25) is 0 Å². The molecule has 32 heavy (non-hydrogen) atoms. The molecule has 2 N–H and O–H groups in total. The molecule has 0 unspecified atom stereocenters. The van der Waals surface area contributed by atoms with Crippen molar-refractivity contribution in [3.05, 3.63) is 60.3 Å². The second-order valence-electron chi connectivity index (χ2n) is 8.29. The summed E-state index contributed by atoms with van der Waals surface area (Å²) in [7, 11) is 1.61. The summed E-state index contributed by atoms with van der Waals surface area (Å²) < 4.78 is 11.4. The predicted molar refractivity (Wildman–Crippen MR) is 131 cm³/mol. The number of hydrogen-bond acceptors (Lipinski definition) is 4. The number of hydrogen-bond donors (Lipinski definition) is 2. The lowest BCUT2D eigenvalue weighted by Crippen LogP contribution is -2.39. The molecule has 1 aromatic heterocycles. The Labute approximate surface area is 190 Å². The first-order chi connectivity index (χ1) is 15.4. The second-order valence-corrected chi connectivity index (χ2v) is 8.29. The number of rotatable bonds is 10. The van der Waals surface area contributed by atoms with Crippen molar-refractivity contribution in [2.24, 2.45) is 0 Å². The van der Waals surface area contributed by atoms with Gasteiger partial charge in [-0.25, -0.2) is 0 Å². The van der Waals surface area contributed by atoms with Gasteiger partial charge in [0, 0.05) is 48.2 Å². The Kier molecular flexibility index (Phi) is 7.95. The second kappa shape index (κ2) is 10.9. The van der Waals surface area contributed by atoms with Gasteiger partial charge in [-0.1, -0.05) is 6.07 Å². The van der Waals surface area contributed by atoms with Crippen LogP contribution in [0.25, 0.3) is 17.0 Å². The van der Waals surface area contributed by atoms with E-state index in [1.165, 1.54) is 6.08 Å². The van der Waals surface area contributed by atoms with E-state index in [4.69, 9.17) is 9.47 Å². The largest absolute Gasteiger partial charge is 0.493 e. The quantitative estimate of drug-likeness (QED) is 0.423. The first-order valence-corrected chi connectivity index (χ1v) is 11.0. The normalized spacial score (nSPS) is 11.8. The first-order valence-electron chi connectivity index (χ1n) is 11.0. The minimum absolute atomic E-state index is 0.207. The van der Waals surface area contributed by atoms with E-state index in [2.05, 4.69) is 42.9 Å². The van der Waals surface area contributed by atoms with Crippen molar-refractivity contribution in [1.82, 2.24) is 9.88 Å². The molecule has 0 aliphatic heterocycles. The Balaban J connectivity index is 1.62. The van der Waals surface area contributed by atoms with Gasteiger partial charge in [-0.15, -0.1) is 0 Å². The van der Waals surface area contributed by atoms with Crippen LogP contribution in [0.1, 0.15) is 33.3 Å². The van der Waals surface area contributed by atoms with Crippen LogP contribution in [0.4, 0.5) is 5.69 Å². The van der Waals surface area contributed by atoms with Crippen LogP contribution >= 0.6 is 0 Å². The number of aromatic nitrogens is 1. The van der Waals surface area contributed by atoms with Gasteiger partial charge in [0.05, 0.1) is 7.11 Å². The number of ether oxygens (including phenoxy) is 2. The number of nitrogens with zero attached hydrogens (tertiary/aromatic N) is 1. The van der Waals surface area contributed by atoms with E-state index in [0.29, 0.717) is 35.9 Å². The lowest BCUT2D eigenvalue weighted by Gasteiger charge is -2.30. The van der Waals surface area contributed by atoms with Crippen molar-refractivity contribution in [1.29, 1.82) is 0 Å². The molecule has 0 aliphatic carbocycles. The van der Waals surface area contributed by atoms with E-state index >= 15 is 0 Å². The van der Waals surface area contributed by atoms with E-state index in [0.717, 1.165) is 23.0 Å². The Bertz CT molecular complexity index is 1060. The predicted octanol–water partition coefficient (Wildman–Crippen LogP) is 5.33. The SMILES string of the molecule is COc1ccc(NC(=O)C=Cc2ccc3[nH]ccc3c2)cc1OCCN(C(C)C)C(C)C. The molecule has 1 amide bonds. The third-order valence-electron chi connectivity index (χ3n) is 5.37. The number of methoxy groups -OCH3 is 1. The summed E-state index contributed by atoms with van der Waals surface area (Å²) in [6.07, 6.45) is 5.23. The smallest absolute Gasteiger partial charge is 0.248 e. The maximum atomic E-state index is 12.4. The monoisotopic (exact) mass is 435 g/mol. The van der Waals surface area contributed by atoms with E-state index in [-0.39, 0.29) is 5.91 Å². The number of carbonyl (C=O) groups is 1. The number of H-pyrrole nitrogens is 1. The zero-order chi connectivity index (χ0) is 23.1. The van der Waals surface area contributed by atoms with Gasteiger partial charge in [0.15, 0.2) is 11.5 Å². The fourth-order valence-corrected chi connectivity index (χ4v) is 3.77. The molecule has 0 atom stereocenters. The Hall–Kier alpha value is -3.25. The van der Waals surface area contributed by atoms with E-state index in [1.807, 2.05) is 30.5 Å². The van der Waals surface area contributed by atoms with Gasteiger partial charge in [-0.05, 0) is 75.1 Å². The Morgan fingerprint density at radius 1 is 1.06 bits per heavy atom. The number of fused-ring (bicyclic) bond motifs is 1. The molecule has 6 nitrogen and oxygen atoms in total. The van der Waals surface area contributed by atoms with Crippen LogP contribution in [0.3, 0.4) is 0 Å². The van der Waals surface area contributed by atoms with Gasteiger partial charge < -0.3 is 19.8 Å². The first kappa shape index (κ1) is 23.4. The highest BCUT2D eigenvalue weighted by Crippen LogP contribution is 2.30. The molecule has 0 saturated carbocycles. The van der Waals surface area contributed by atoms with Crippen LogP contribution in [-0.2, 0) is 4.79 Å². The molecule has 0 fully saturated rings. The molecule has 1 heterocycles. The highest BCUT2D eigenvalue weighted by Gasteiger charge is 2.14. The maximum Gasteiger partial charge on any atom is 0.248 e. The van der Waals surface area contributed by atoms with Crippen LogP contribution in [0, 0.1) is 0 Å². The number of anilines is 1. The minimum Gasteiger partial charge on any atom is -0.493 e. The maximum absolute atomic E-state index is 12.4. The van der Waals surface area contributed by atoms with Crippen LogP contribution in [-0.4, -0.2) is 48.1 Å². The van der Waals surface area contributed by atoms with Gasteiger partial charge in [0.25, 0.3) is 0 Å². The average Bonchev–Trinajstić information content (AvgIpc) is 3.23. The lowest BCUT2D eigenvalue weighted by molar-refractivity contribution is -0.111. The van der Waals surface area contributed by atoms with Crippen LogP contribution < -0.4 is 14.8 Å². The van der Waals surface area contributed by atoms with Crippen molar-refractivity contribution >= 4 is 28.6 Å². The van der Waals surface area contributed by atoms with E-state index in [1.54, 1.807) is 31.4 Å². The molecule has 3 rings (SSSR count). The third kappa shape index (κ3) is 6.14. The van der Waals surface area contributed by atoms with Crippen molar-refractivity contribution in [3.8, 4) is 11.5 Å². The average molecular weight is 436 g/mol. The third-order valence-corrected chi connectivity index (χ3v) is 5.37. The molecule has 0 bridgehead atoms. The summed E-state index contributed by atoms with van der Waals surface area (Å²) in [6, 6.07) is 14.3.